The number of anilines is 2. The molecule has 0 fully saturated rings. The molecule has 0 bridgehead atoms. The summed E-state index contributed by atoms with van der Waals surface area (Å²) < 4.78 is 10.7. The van der Waals surface area contributed by atoms with Crippen LogP contribution in [0.15, 0.2) is 60.8 Å². The summed E-state index contributed by atoms with van der Waals surface area (Å²) in [7, 11) is 0. The molecule has 3 aromatic rings. The van der Waals surface area contributed by atoms with Crippen molar-refractivity contribution in [2.45, 2.75) is 40.2 Å². The van der Waals surface area contributed by atoms with E-state index in [0.717, 1.165) is 27.9 Å². The number of benzene rings is 2. The lowest BCUT2D eigenvalue weighted by Crippen LogP contribution is -2.39. The summed E-state index contributed by atoms with van der Waals surface area (Å²) in [5.74, 6) is -0.112. The van der Waals surface area contributed by atoms with E-state index in [2.05, 4.69) is 21.7 Å². The predicted octanol–water partition coefficient (Wildman–Crippen LogP) is 5.73. The normalized spacial score (nSPS) is 10.9. The fourth-order valence-electron chi connectivity index (χ4n) is 3.31. The molecule has 2 amide bonds. The number of nitrogens with zero attached hydrogens (tertiary/aromatic N) is 1. The Bertz CT molecular complexity index is 1100. The van der Waals surface area contributed by atoms with Crippen molar-refractivity contribution in [2.24, 2.45) is 0 Å². The number of hydrogen-bond donors (Lipinski definition) is 2. The molecule has 0 aliphatic rings. The van der Waals surface area contributed by atoms with Gasteiger partial charge in [0.1, 0.15) is 0 Å². The number of amides is 2. The molecule has 2 aromatic carbocycles. The van der Waals surface area contributed by atoms with E-state index in [4.69, 9.17) is 9.47 Å². The minimum atomic E-state index is -1.13. The minimum absolute atomic E-state index is 0.288. The summed E-state index contributed by atoms with van der Waals surface area (Å²) in [5, 5.41) is 5.69. The van der Waals surface area contributed by atoms with Gasteiger partial charge in [-0.2, -0.15) is 0 Å². The number of esters is 1. The number of urea groups is 1. The van der Waals surface area contributed by atoms with Crippen LogP contribution in [-0.2, 0) is 9.53 Å². The lowest BCUT2D eigenvalue weighted by Gasteiger charge is -2.23. The van der Waals surface area contributed by atoms with Crippen LogP contribution < -0.4 is 15.4 Å². The average molecular weight is 448 g/mol. The summed E-state index contributed by atoms with van der Waals surface area (Å²) in [6.45, 7) is 9.30. The predicted molar refractivity (Wildman–Crippen MR) is 130 cm³/mol. The molecule has 0 aliphatic heterocycles. The maximum absolute atomic E-state index is 12.3. The van der Waals surface area contributed by atoms with Crippen molar-refractivity contribution in [1.29, 1.82) is 0 Å². The van der Waals surface area contributed by atoms with Crippen LogP contribution in [0, 0.1) is 13.8 Å². The smallest absolute Gasteiger partial charge is 0.349 e. The van der Waals surface area contributed by atoms with Gasteiger partial charge in [0.25, 0.3) is 0 Å². The molecule has 7 heteroatoms. The van der Waals surface area contributed by atoms with Gasteiger partial charge in [0.2, 0.25) is 11.5 Å². The van der Waals surface area contributed by atoms with Crippen LogP contribution in [0.4, 0.5) is 16.2 Å². The number of nitrogens with one attached hydrogen (secondary N) is 2. The molecule has 3 rings (SSSR count). The third-order valence-electron chi connectivity index (χ3n) is 4.82. The summed E-state index contributed by atoms with van der Waals surface area (Å²) in [6, 6.07) is 16.6. The van der Waals surface area contributed by atoms with Gasteiger partial charge in [-0.15, -0.1) is 0 Å². The van der Waals surface area contributed by atoms with Crippen molar-refractivity contribution in [3.05, 3.63) is 71.9 Å². The molecule has 0 aliphatic carbocycles. The van der Waals surface area contributed by atoms with Gasteiger partial charge in [-0.1, -0.05) is 18.2 Å². The highest BCUT2D eigenvalue weighted by Crippen LogP contribution is 2.24. The Labute approximate surface area is 194 Å². The van der Waals surface area contributed by atoms with Crippen molar-refractivity contribution in [3.63, 3.8) is 0 Å². The van der Waals surface area contributed by atoms with E-state index in [1.165, 1.54) is 0 Å². The van der Waals surface area contributed by atoms with E-state index in [9.17, 15) is 9.59 Å². The maximum atomic E-state index is 12.3. The van der Waals surface area contributed by atoms with Crippen LogP contribution in [0.3, 0.4) is 0 Å². The SMILES string of the molecule is CCOC(=O)C(C)(C)Oc1ccc(-c2ccc(NC(=O)Nc3cc(C)cc(C)c3)cc2)cn1. The van der Waals surface area contributed by atoms with Crippen LogP contribution >= 0.6 is 0 Å². The molecule has 1 heterocycles. The molecule has 2 N–H and O–H groups in total. The number of ether oxygens (including phenoxy) is 2. The largest absolute Gasteiger partial charge is 0.463 e. The standard InChI is InChI=1S/C26H29N3O4/c1-6-32-24(30)26(4,5)33-23-12-9-20(16-27-23)19-7-10-21(11-8-19)28-25(31)29-22-14-17(2)13-18(3)15-22/h7-16H,6H2,1-5H3,(H2,28,29,31). The Kier molecular flexibility index (Phi) is 7.33. The molecular weight excluding hydrogens is 418 g/mol. The van der Waals surface area contributed by atoms with Gasteiger partial charge in [-0.25, -0.2) is 14.6 Å². The summed E-state index contributed by atoms with van der Waals surface area (Å²) in [4.78, 5) is 28.6. The molecule has 0 radical (unpaired) electrons. The lowest BCUT2D eigenvalue weighted by atomic mass is 10.1. The van der Waals surface area contributed by atoms with Crippen LogP contribution in [0.25, 0.3) is 11.1 Å². The van der Waals surface area contributed by atoms with Crippen molar-refractivity contribution < 1.29 is 19.1 Å². The molecule has 1 aromatic heterocycles. The van der Waals surface area contributed by atoms with Crippen molar-refractivity contribution in [3.8, 4) is 17.0 Å². The van der Waals surface area contributed by atoms with Crippen LogP contribution in [0.2, 0.25) is 0 Å². The number of carbonyl (C=O) groups is 2. The monoisotopic (exact) mass is 447 g/mol. The second kappa shape index (κ2) is 10.2. The van der Waals surface area contributed by atoms with Crippen LogP contribution in [-0.4, -0.2) is 29.2 Å². The zero-order valence-corrected chi connectivity index (χ0v) is 19.6. The number of carbonyl (C=O) groups excluding carboxylic acids is 2. The molecule has 33 heavy (non-hydrogen) atoms. The lowest BCUT2D eigenvalue weighted by molar-refractivity contribution is -0.158. The summed E-state index contributed by atoms with van der Waals surface area (Å²) in [6.07, 6.45) is 1.67. The van der Waals surface area contributed by atoms with E-state index in [1.54, 1.807) is 33.0 Å². The molecule has 0 saturated carbocycles. The van der Waals surface area contributed by atoms with Crippen LogP contribution in [0.1, 0.15) is 31.9 Å². The number of pyridine rings is 1. The fourth-order valence-corrected chi connectivity index (χ4v) is 3.31. The van der Waals surface area contributed by atoms with E-state index in [1.807, 2.05) is 56.3 Å². The molecule has 0 atom stereocenters. The van der Waals surface area contributed by atoms with Crippen molar-refractivity contribution >= 4 is 23.4 Å². The van der Waals surface area contributed by atoms with Gasteiger partial charge < -0.3 is 20.1 Å². The molecule has 0 unspecified atom stereocenters. The highest BCUT2D eigenvalue weighted by atomic mass is 16.6. The number of aromatic nitrogens is 1. The second-order valence-corrected chi connectivity index (χ2v) is 8.25. The Balaban J connectivity index is 1.61. The second-order valence-electron chi connectivity index (χ2n) is 8.25. The number of rotatable bonds is 7. The average Bonchev–Trinajstić information content (AvgIpc) is 2.74. The fraction of sp³-hybridized carbons (Fsp3) is 0.269. The van der Waals surface area contributed by atoms with Gasteiger partial charge in [-0.05, 0) is 81.6 Å². The summed E-state index contributed by atoms with van der Waals surface area (Å²) in [5.41, 5.74) is 4.27. The Morgan fingerprint density at radius 2 is 1.48 bits per heavy atom. The van der Waals surface area contributed by atoms with Gasteiger partial charge >= 0.3 is 12.0 Å². The quantitative estimate of drug-likeness (QED) is 0.452. The third-order valence-corrected chi connectivity index (χ3v) is 4.82. The Morgan fingerprint density at radius 1 is 0.879 bits per heavy atom. The first-order chi connectivity index (χ1) is 15.7. The number of hydrogen-bond acceptors (Lipinski definition) is 5. The van der Waals surface area contributed by atoms with Gasteiger partial charge in [0.05, 0.1) is 6.61 Å². The third kappa shape index (κ3) is 6.55. The molecular formula is C26H29N3O4. The topological polar surface area (TPSA) is 89.5 Å². The first-order valence-electron chi connectivity index (χ1n) is 10.8. The van der Waals surface area contributed by atoms with E-state index in [-0.39, 0.29) is 12.6 Å². The first kappa shape index (κ1) is 23.8. The minimum Gasteiger partial charge on any atom is -0.463 e. The number of aryl methyl sites for hydroxylation is 2. The Hall–Kier alpha value is -3.87. The molecule has 0 spiro atoms. The Morgan fingerprint density at radius 3 is 2.06 bits per heavy atom. The van der Waals surface area contributed by atoms with Crippen LogP contribution in [0.5, 0.6) is 5.88 Å². The van der Waals surface area contributed by atoms with Gasteiger partial charge in [0.15, 0.2) is 0 Å². The van der Waals surface area contributed by atoms with Crippen molar-refractivity contribution in [2.75, 3.05) is 17.2 Å². The maximum Gasteiger partial charge on any atom is 0.349 e. The van der Waals surface area contributed by atoms with Gasteiger partial charge in [0, 0.05) is 29.2 Å². The molecule has 7 nitrogen and oxygen atoms in total. The zero-order valence-electron chi connectivity index (χ0n) is 19.6. The highest BCUT2D eigenvalue weighted by molar-refractivity contribution is 6.00. The van der Waals surface area contributed by atoms with E-state index in [0.29, 0.717) is 11.6 Å². The first-order valence-corrected chi connectivity index (χ1v) is 10.8. The highest BCUT2D eigenvalue weighted by Gasteiger charge is 2.32. The molecule has 0 saturated heterocycles. The summed E-state index contributed by atoms with van der Waals surface area (Å²) >= 11 is 0. The van der Waals surface area contributed by atoms with E-state index < -0.39 is 11.6 Å². The van der Waals surface area contributed by atoms with Crippen molar-refractivity contribution in [1.82, 2.24) is 4.98 Å². The molecule has 172 valence electrons. The van der Waals surface area contributed by atoms with E-state index >= 15 is 0 Å². The zero-order chi connectivity index (χ0) is 24.0. The van der Waals surface area contributed by atoms with Gasteiger partial charge in [-0.3, -0.25) is 0 Å².